The molecule has 0 spiro atoms. The highest BCUT2D eigenvalue weighted by molar-refractivity contribution is 7.18. The zero-order valence-electron chi connectivity index (χ0n) is 13.4. The second kappa shape index (κ2) is 5.80. The van der Waals surface area contributed by atoms with E-state index in [9.17, 15) is 0 Å². The van der Waals surface area contributed by atoms with E-state index in [1.165, 1.54) is 21.5 Å². The van der Waals surface area contributed by atoms with Crippen molar-refractivity contribution in [3.8, 4) is 21.1 Å². The Morgan fingerprint density at radius 3 is 1.44 bits per heavy atom. The third-order valence-electron chi connectivity index (χ3n) is 4.47. The molecule has 4 aromatic carbocycles. The lowest BCUT2D eigenvalue weighted by Crippen LogP contribution is -1.81. The molecule has 25 heavy (non-hydrogen) atoms. The molecular weight excluding hydrogens is 324 g/mol. The summed E-state index contributed by atoms with van der Waals surface area (Å²) in [5.74, 6) is 0. The lowest BCUT2D eigenvalue weighted by molar-refractivity contribution is 1.10. The van der Waals surface area contributed by atoms with Gasteiger partial charge < -0.3 is 0 Å². The molecule has 0 aliphatic rings. The molecule has 3 heteroatoms. The monoisotopic (exact) mass is 338 g/mol. The molecule has 0 N–H and O–H groups in total. The summed E-state index contributed by atoms with van der Waals surface area (Å²) in [6, 6.07) is 29.5. The van der Waals surface area contributed by atoms with Gasteiger partial charge in [-0.25, -0.2) is 0 Å². The first-order chi connectivity index (χ1) is 12.4. The van der Waals surface area contributed by atoms with Gasteiger partial charge in [0.1, 0.15) is 10.0 Å². The van der Waals surface area contributed by atoms with E-state index in [1.807, 2.05) is 0 Å². The van der Waals surface area contributed by atoms with Crippen LogP contribution < -0.4 is 0 Å². The van der Waals surface area contributed by atoms with E-state index in [-0.39, 0.29) is 0 Å². The molecule has 0 fully saturated rings. The molecule has 0 bridgehead atoms. The fourth-order valence-corrected chi connectivity index (χ4v) is 4.19. The van der Waals surface area contributed by atoms with E-state index in [0.717, 1.165) is 21.1 Å². The van der Waals surface area contributed by atoms with Gasteiger partial charge in [-0.15, -0.1) is 10.2 Å². The van der Waals surface area contributed by atoms with Gasteiger partial charge in [-0.2, -0.15) is 0 Å². The van der Waals surface area contributed by atoms with Crippen LogP contribution in [0.5, 0.6) is 0 Å². The predicted molar refractivity (Wildman–Crippen MR) is 106 cm³/mol. The third kappa shape index (κ3) is 2.41. The summed E-state index contributed by atoms with van der Waals surface area (Å²) in [7, 11) is 0. The smallest absolute Gasteiger partial charge is 0.138 e. The van der Waals surface area contributed by atoms with Crippen molar-refractivity contribution in [2.75, 3.05) is 0 Å². The van der Waals surface area contributed by atoms with Crippen LogP contribution in [0, 0.1) is 0 Å². The molecule has 0 aliphatic carbocycles. The minimum atomic E-state index is 0.958. The third-order valence-corrected chi connectivity index (χ3v) is 5.45. The second-order valence-corrected chi connectivity index (χ2v) is 6.94. The van der Waals surface area contributed by atoms with Crippen molar-refractivity contribution < 1.29 is 0 Å². The normalized spacial score (nSPS) is 11.2. The minimum absolute atomic E-state index is 0.958. The van der Waals surface area contributed by atoms with Crippen molar-refractivity contribution in [1.82, 2.24) is 10.2 Å². The van der Waals surface area contributed by atoms with Gasteiger partial charge in [0.25, 0.3) is 0 Å². The van der Waals surface area contributed by atoms with Gasteiger partial charge in [0.15, 0.2) is 0 Å². The Hall–Kier alpha value is -3.04. The van der Waals surface area contributed by atoms with Crippen LogP contribution in [0.3, 0.4) is 0 Å². The maximum Gasteiger partial charge on any atom is 0.148 e. The average molecular weight is 338 g/mol. The van der Waals surface area contributed by atoms with Crippen LogP contribution in [-0.4, -0.2) is 10.2 Å². The van der Waals surface area contributed by atoms with Crippen LogP contribution in [0.4, 0.5) is 0 Å². The largest absolute Gasteiger partial charge is 0.148 e. The average Bonchev–Trinajstić information content (AvgIpc) is 3.17. The standard InChI is InChI=1S/C22H14N2S/c1-3-11-17-15(7-1)9-5-13-19(17)21-23-24-22(25-21)20-14-6-10-16-8-2-4-12-18(16)20/h1-14H. The molecule has 1 heterocycles. The molecule has 0 saturated heterocycles. The van der Waals surface area contributed by atoms with Gasteiger partial charge in [0.05, 0.1) is 0 Å². The van der Waals surface area contributed by atoms with E-state index >= 15 is 0 Å². The Balaban J connectivity index is 1.69. The molecule has 0 atom stereocenters. The first-order valence-corrected chi connectivity index (χ1v) is 9.01. The zero-order chi connectivity index (χ0) is 16.6. The molecule has 0 amide bonds. The Morgan fingerprint density at radius 2 is 0.920 bits per heavy atom. The quantitative estimate of drug-likeness (QED) is 0.384. The van der Waals surface area contributed by atoms with E-state index in [0.29, 0.717) is 0 Å². The van der Waals surface area contributed by atoms with Gasteiger partial charge in [-0.1, -0.05) is 96.3 Å². The number of hydrogen-bond donors (Lipinski definition) is 0. The van der Waals surface area contributed by atoms with Gasteiger partial charge in [0, 0.05) is 11.1 Å². The van der Waals surface area contributed by atoms with Crippen LogP contribution in [0.15, 0.2) is 84.9 Å². The summed E-state index contributed by atoms with van der Waals surface area (Å²) >= 11 is 1.65. The number of nitrogens with zero attached hydrogens (tertiary/aromatic N) is 2. The first kappa shape index (κ1) is 14.3. The molecule has 118 valence electrons. The molecule has 0 unspecified atom stereocenters. The Morgan fingerprint density at radius 1 is 0.480 bits per heavy atom. The van der Waals surface area contributed by atoms with Crippen LogP contribution in [-0.2, 0) is 0 Å². The molecule has 0 radical (unpaired) electrons. The maximum atomic E-state index is 4.49. The van der Waals surface area contributed by atoms with Crippen molar-refractivity contribution in [3.63, 3.8) is 0 Å². The van der Waals surface area contributed by atoms with Gasteiger partial charge in [-0.05, 0) is 21.5 Å². The maximum absolute atomic E-state index is 4.49. The topological polar surface area (TPSA) is 25.8 Å². The summed E-state index contributed by atoms with van der Waals surface area (Å²) in [6.07, 6.45) is 0. The van der Waals surface area contributed by atoms with Crippen molar-refractivity contribution in [2.45, 2.75) is 0 Å². The van der Waals surface area contributed by atoms with E-state index in [1.54, 1.807) is 11.3 Å². The highest BCUT2D eigenvalue weighted by Gasteiger charge is 2.12. The fraction of sp³-hybridized carbons (Fsp3) is 0. The summed E-state index contributed by atoms with van der Waals surface area (Å²) in [5.41, 5.74) is 2.28. The highest BCUT2D eigenvalue weighted by Crippen LogP contribution is 2.36. The van der Waals surface area contributed by atoms with Crippen molar-refractivity contribution >= 4 is 32.9 Å². The summed E-state index contributed by atoms with van der Waals surface area (Å²) in [6.45, 7) is 0. The SMILES string of the molecule is c1ccc2c(-c3nnc(-c4cccc5ccccc45)s3)cccc2c1. The van der Waals surface area contributed by atoms with Crippen LogP contribution in [0.1, 0.15) is 0 Å². The number of fused-ring (bicyclic) bond motifs is 2. The summed E-state index contributed by atoms with van der Waals surface area (Å²) < 4.78 is 0. The van der Waals surface area contributed by atoms with Crippen molar-refractivity contribution in [3.05, 3.63) is 84.9 Å². The zero-order valence-corrected chi connectivity index (χ0v) is 14.2. The van der Waals surface area contributed by atoms with Crippen molar-refractivity contribution in [2.24, 2.45) is 0 Å². The highest BCUT2D eigenvalue weighted by atomic mass is 32.1. The molecule has 5 rings (SSSR count). The van der Waals surface area contributed by atoms with E-state index in [2.05, 4.69) is 95.1 Å². The van der Waals surface area contributed by atoms with Crippen LogP contribution in [0.2, 0.25) is 0 Å². The van der Waals surface area contributed by atoms with Gasteiger partial charge in [0.2, 0.25) is 0 Å². The minimum Gasteiger partial charge on any atom is -0.138 e. The number of aromatic nitrogens is 2. The molecule has 2 nitrogen and oxygen atoms in total. The first-order valence-electron chi connectivity index (χ1n) is 8.20. The van der Waals surface area contributed by atoms with E-state index < -0.39 is 0 Å². The van der Waals surface area contributed by atoms with E-state index in [4.69, 9.17) is 0 Å². The second-order valence-electron chi connectivity index (χ2n) is 5.97. The fourth-order valence-electron chi connectivity index (χ4n) is 3.26. The Labute approximate surface area is 149 Å². The number of hydrogen-bond acceptors (Lipinski definition) is 3. The van der Waals surface area contributed by atoms with Gasteiger partial charge >= 0.3 is 0 Å². The number of rotatable bonds is 2. The van der Waals surface area contributed by atoms with Crippen molar-refractivity contribution in [1.29, 1.82) is 0 Å². The molecule has 1 aromatic heterocycles. The van der Waals surface area contributed by atoms with Gasteiger partial charge in [-0.3, -0.25) is 0 Å². The lowest BCUT2D eigenvalue weighted by Gasteiger charge is -2.03. The Bertz CT molecular complexity index is 1100. The number of benzene rings is 4. The summed E-state index contributed by atoms with van der Waals surface area (Å²) in [5, 5.41) is 15.8. The lowest BCUT2D eigenvalue weighted by atomic mass is 10.1. The van der Waals surface area contributed by atoms with Crippen LogP contribution >= 0.6 is 11.3 Å². The predicted octanol–water partition coefficient (Wildman–Crippen LogP) is 6.18. The Kier molecular flexibility index (Phi) is 3.32. The van der Waals surface area contributed by atoms with Crippen LogP contribution in [0.25, 0.3) is 42.7 Å². The summed E-state index contributed by atoms with van der Waals surface area (Å²) in [4.78, 5) is 0. The molecular formula is C22H14N2S. The molecule has 5 aromatic rings. The molecule has 0 aliphatic heterocycles. The molecule has 0 saturated carbocycles.